The van der Waals surface area contributed by atoms with Crippen LogP contribution < -0.4 is 5.32 Å². The van der Waals surface area contributed by atoms with Gasteiger partial charge >= 0.3 is 6.03 Å². The smallest absolute Gasteiger partial charge is 0.317 e. The van der Waals surface area contributed by atoms with E-state index in [-0.39, 0.29) is 30.4 Å². The van der Waals surface area contributed by atoms with E-state index < -0.39 is 0 Å². The summed E-state index contributed by atoms with van der Waals surface area (Å²) in [5.74, 6) is -0.107. The second-order valence-corrected chi connectivity index (χ2v) is 6.36. The minimum absolute atomic E-state index is 0.0897. The van der Waals surface area contributed by atoms with Gasteiger partial charge in [0.1, 0.15) is 5.82 Å². The molecule has 0 aromatic heterocycles. The van der Waals surface area contributed by atoms with Gasteiger partial charge in [-0.3, -0.25) is 0 Å². The highest BCUT2D eigenvalue weighted by Gasteiger charge is 2.24. The SMILES string of the molecule is CN(C)C(CNC(=O)N1CCCC(CO)C1)c1cccc(F)c1. The fourth-order valence-corrected chi connectivity index (χ4v) is 3.01. The molecule has 1 fully saturated rings. The monoisotopic (exact) mass is 323 g/mol. The van der Waals surface area contributed by atoms with Crippen molar-refractivity contribution < 1.29 is 14.3 Å². The van der Waals surface area contributed by atoms with Crippen molar-refractivity contribution in [1.29, 1.82) is 0 Å². The molecule has 2 unspecified atom stereocenters. The number of hydrogen-bond acceptors (Lipinski definition) is 3. The summed E-state index contributed by atoms with van der Waals surface area (Å²) in [6.45, 7) is 1.84. The molecule has 1 aliphatic rings. The minimum Gasteiger partial charge on any atom is -0.396 e. The predicted molar refractivity (Wildman–Crippen MR) is 87.6 cm³/mol. The van der Waals surface area contributed by atoms with E-state index in [1.54, 1.807) is 11.0 Å². The van der Waals surface area contributed by atoms with Crippen LogP contribution >= 0.6 is 0 Å². The van der Waals surface area contributed by atoms with Crippen LogP contribution in [0.4, 0.5) is 9.18 Å². The van der Waals surface area contributed by atoms with Gasteiger partial charge in [-0.25, -0.2) is 9.18 Å². The zero-order valence-corrected chi connectivity index (χ0v) is 13.8. The number of urea groups is 1. The summed E-state index contributed by atoms with van der Waals surface area (Å²) in [7, 11) is 3.81. The van der Waals surface area contributed by atoms with Crippen LogP contribution in [0.3, 0.4) is 0 Å². The maximum absolute atomic E-state index is 13.4. The van der Waals surface area contributed by atoms with Gasteiger partial charge in [-0.2, -0.15) is 0 Å². The third kappa shape index (κ3) is 4.91. The van der Waals surface area contributed by atoms with E-state index in [0.717, 1.165) is 24.9 Å². The Kier molecular flexibility index (Phi) is 6.36. The lowest BCUT2D eigenvalue weighted by atomic mass is 9.99. The number of halogens is 1. The molecule has 6 heteroatoms. The number of rotatable bonds is 5. The van der Waals surface area contributed by atoms with Crippen molar-refractivity contribution in [2.24, 2.45) is 5.92 Å². The van der Waals surface area contributed by atoms with Crippen molar-refractivity contribution in [3.05, 3.63) is 35.6 Å². The maximum Gasteiger partial charge on any atom is 0.317 e. The molecular weight excluding hydrogens is 297 g/mol. The molecule has 2 amide bonds. The van der Waals surface area contributed by atoms with Crippen LogP contribution in [-0.4, -0.2) is 61.3 Å². The molecule has 1 aliphatic heterocycles. The first-order valence-electron chi connectivity index (χ1n) is 8.06. The molecule has 0 radical (unpaired) electrons. The lowest BCUT2D eigenvalue weighted by Crippen LogP contribution is -2.47. The van der Waals surface area contributed by atoms with Crippen LogP contribution in [0.25, 0.3) is 0 Å². The molecule has 0 spiro atoms. The van der Waals surface area contributed by atoms with Crippen molar-refractivity contribution >= 4 is 6.03 Å². The van der Waals surface area contributed by atoms with E-state index in [4.69, 9.17) is 0 Å². The Labute approximate surface area is 137 Å². The Morgan fingerprint density at radius 3 is 2.96 bits per heavy atom. The second-order valence-electron chi connectivity index (χ2n) is 6.36. The Bertz CT molecular complexity index is 524. The molecule has 1 aromatic carbocycles. The van der Waals surface area contributed by atoms with Gasteiger partial charge in [0.05, 0.1) is 6.04 Å². The summed E-state index contributed by atoms with van der Waals surface area (Å²) < 4.78 is 13.4. The van der Waals surface area contributed by atoms with Crippen molar-refractivity contribution in [2.75, 3.05) is 40.3 Å². The fourth-order valence-electron chi connectivity index (χ4n) is 3.01. The average Bonchev–Trinajstić information content (AvgIpc) is 2.54. The number of benzene rings is 1. The number of carbonyl (C=O) groups is 1. The van der Waals surface area contributed by atoms with Crippen LogP contribution in [0.15, 0.2) is 24.3 Å². The number of amides is 2. The summed E-state index contributed by atoms with van der Waals surface area (Å²) in [6.07, 6.45) is 1.88. The summed E-state index contributed by atoms with van der Waals surface area (Å²) in [4.78, 5) is 16.0. The molecule has 1 saturated heterocycles. The molecular formula is C17H26FN3O2. The zero-order chi connectivity index (χ0) is 16.8. The quantitative estimate of drug-likeness (QED) is 0.869. The second kappa shape index (κ2) is 8.26. The Balaban J connectivity index is 1.95. The summed E-state index contributed by atoms with van der Waals surface area (Å²) in [5.41, 5.74) is 0.835. The minimum atomic E-state index is -0.275. The van der Waals surface area contributed by atoms with Crippen molar-refractivity contribution in [1.82, 2.24) is 15.1 Å². The predicted octanol–water partition coefficient (Wildman–Crippen LogP) is 1.84. The third-order valence-corrected chi connectivity index (χ3v) is 4.37. The molecule has 2 atom stereocenters. The van der Waals surface area contributed by atoms with E-state index in [1.807, 2.05) is 25.1 Å². The van der Waals surface area contributed by atoms with E-state index >= 15 is 0 Å². The number of carbonyl (C=O) groups excluding carboxylic acids is 1. The normalized spacial score (nSPS) is 19.7. The Morgan fingerprint density at radius 2 is 2.30 bits per heavy atom. The number of aliphatic hydroxyl groups is 1. The molecule has 1 aromatic rings. The van der Waals surface area contributed by atoms with Crippen LogP contribution in [0.2, 0.25) is 0 Å². The average molecular weight is 323 g/mol. The number of nitrogens with one attached hydrogen (secondary N) is 1. The maximum atomic E-state index is 13.4. The van der Waals surface area contributed by atoms with Gasteiger partial charge in [-0.1, -0.05) is 12.1 Å². The van der Waals surface area contributed by atoms with Crippen molar-refractivity contribution in [2.45, 2.75) is 18.9 Å². The van der Waals surface area contributed by atoms with Crippen LogP contribution in [0.1, 0.15) is 24.4 Å². The highest BCUT2D eigenvalue weighted by atomic mass is 19.1. The number of aliphatic hydroxyl groups excluding tert-OH is 1. The van der Waals surface area contributed by atoms with Gasteiger partial charge in [0.15, 0.2) is 0 Å². The van der Waals surface area contributed by atoms with Gasteiger partial charge in [0, 0.05) is 26.2 Å². The summed E-state index contributed by atoms with van der Waals surface area (Å²) in [6, 6.07) is 6.25. The molecule has 2 rings (SSSR count). The molecule has 5 nitrogen and oxygen atoms in total. The number of likely N-dealkylation sites (N-methyl/N-ethyl adjacent to an activating group) is 1. The van der Waals surface area contributed by atoms with Gasteiger partial charge in [-0.15, -0.1) is 0 Å². The summed E-state index contributed by atoms with van der Waals surface area (Å²) in [5, 5.41) is 12.2. The van der Waals surface area contributed by atoms with Gasteiger partial charge in [0.2, 0.25) is 0 Å². The topological polar surface area (TPSA) is 55.8 Å². The molecule has 23 heavy (non-hydrogen) atoms. The highest BCUT2D eigenvalue weighted by molar-refractivity contribution is 5.74. The standard InChI is InChI=1S/C17H26FN3O2/c1-20(2)16(14-6-3-7-15(18)9-14)10-19-17(23)21-8-4-5-13(11-21)12-22/h3,6-7,9,13,16,22H,4-5,8,10-12H2,1-2H3,(H,19,23). The number of piperidine rings is 1. The molecule has 0 bridgehead atoms. The Morgan fingerprint density at radius 1 is 1.52 bits per heavy atom. The molecule has 1 heterocycles. The van der Waals surface area contributed by atoms with Crippen LogP contribution in [0, 0.1) is 11.7 Å². The first kappa shape index (κ1) is 17.7. The van der Waals surface area contributed by atoms with Gasteiger partial charge in [0.25, 0.3) is 0 Å². The van der Waals surface area contributed by atoms with Crippen LogP contribution in [-0.2, 0) is 0 Å². The first-order valence-corrected chi connectivity index (χ1v) is 8.06. The largest absolute Gasteiger partial charge is 0.396 e. The van der Waals surface area contributed by atoms with Gasteiger partial charge < -0.3 is 20.2 Å². The number of nitrogens with zero attached hydrogens (tertiary/aromatic N) is 2. The highest BCUT2D eigenvalue weighted by Crippen LogP contribution is 2.19. The fraction of sp³-hybridized carbons (Fsp3) is 0.588. The van der Waals surface area contributed by atoms with Crippen molar-refractivity contribution in [3.63, 3.8) is 0 Å². The van der Waals surface area contributed by atoms with E-state index in [9.17, 15) is 14.3 Å². The van der Waals surface area contributed by atoms with E-state index in [1.165, 1.54) is 12.1 Å². The Hall–Kier alpha value is -1.66. The molecule has 2 N–H and O–H groups in total. The van der Waals surface area contributed by atoms with E-state index in [0.29, 0.717) is 13.1 Å². The lowest BCUT2D eigenvalue weighted by molar-refractivity contribution is 0.128. The lowest BCUT2D eigenvalue weighted by Gasteiger charge is -2.33. The molecule has 0 saturated carbocycles. The molecule has 0 aliphatic carbocycles. The number of likely N-dealkylation sites (tertiary alicyclic amines) is 1. The third-order valence-electron chi connectivity index (χ3n) is 4.37. The van der Waals surface area contributed by atoms with Crippen LogP contribution in [0.5, 0.6) is 0 Å². The first-order chi connectivity index (χ1) is 11.0. The number of hydrogen-bond donors (Lipinski definition) is 2. The molecule has 128 valence electrons. The van der Waals surface area contributed by atoms with Gasteiger partial charge in [-0.05, 0) is 50.6 Å². The zero-order valence-electron chi connectivity index (χ0n) is 13.8. The van der Waals surface area contributed by atoms with Crippen molar-refractivity contribution in [3.8, 4) is 0 Å². The van der Waals surface area contributed by atoms with E-state index in [2.05, 4.69) is 5.32 Å². The summed E-state index contributed by atoms with van der Waals surface area (Å²) >= 11 is 0.